The van der Waals surface area contributed by atoms with Crippen molar-refractivity contribution in [1.29, 1.82) is 0 Å². The Labute approximate surface area is 154 Å². The number of carboxylic acid groups (broad SMARTS) is 1. The summed E-state index contributed by atoms with van der Waals surface area (Å²) in [6, 6.07) is 6.91. The van der Waals surface area contributed by atoms with Gasteiger partial charge in [-0.3, -0.25) is 4.79 Å². The van der Waals surface area contributed by atoms with Crippen LogP contribution in [0.2, 0.25) is 0 Å². The normalized spacial score (nSPS) is 16.5. The molecule has 10 nitrogen and oxygen atoms in total. The van der Waals surface area contributed by atoms with Gasteiger partial charge in [-0.15, -0.1) is 0 Å². The van der Waals surface area contributed by atoms with Crippen LogP contribution >= 0.6 is 0 Å². The highest BCUT2D eigenvalue weighted by Crippen LogP contribution is 2.18. The number of para-hydroxylation sites is 1. The summed E-state index contributed by atoms with van der Waals surface area (Å²) in [6.45, 7) is -0.760. The minimum absolute atomic E-state index is 0.0258. The number of nitrogens with two attached hydrogens (primary N) is 1. The first-order valence-electron chi connectivity index (χ1n) is 8.04. The van der Waals surface area contributed by atoms with Crippen LogP contribution in [0.4, 0.5) is 0 Å². The van der Waals surface area contributed by atoms with Crippen molar-refractivity contribution in [3.8, 4) is 0 Å². The lowest BCUT2D eigenvalue weighted by Crippen LogP contribution is -2.46. The fraction of sp³-hybridized carbons (Fsp3) is 0.412. The Morgan fingerprint density at radius 2 is 1.78 bits per heavy atom. The molecule has 0 saturated carbocycles. The molecule has 0 aliphatic carbocycles. The number of aliphatic hydroxyl groups is 5. The lowest BCUT2D eigenvalue weighted by atomic mass is 10.0. The van der Waals surface area contributed by atoms with Crippen LogP contribution < -0.4 is 5.73 Å². The summed E-state index contributed by atoms with van der Waals surface area (Å²) in [5.74, 6) is -0.972. The van der Waals surface area contributed by atoms with Crippen molar-refractivity contribution < 1.29 is 40.2 Å². The second kappa shape index (κ2) is 10.7. The number of aromatic nitrogens is 1. The average Bonchev–Trinajstić information content (AvgIpc) is 3.08. The molecule has 5 atom stereocenters. The number of carboxylic acids is 1. The second-order valence-corrected chi connectivity index (χ2v) is 5.87. The maximum Gasteiger partial charge on any atom is 0.320 e. The molecular formula is C17H24N2O8. The van der Waals surface area contributed by atoms with Gasteiger partial charge in [0, 0.05) is 23.5 Å². The molecule has 1 aromatic heterocycles. The highest BCUT2D eigenvalue weighted by Gasteiger charge is 2.29. The number of H-pyrrole nitrogens is 1. The molecule has 0 fully saturated rings. The molecule has 10 heteroatoms. The van der Waals surface area contributed by atoms with Crippen molar-refractivity contribution in [3.63, 3.8) is 0 Å². The number of aliphatic hydroxyl groups excluding tert-OH is 5. The van der Waals surface area contributed by atoms with E-state index in [4.69, 9.17) is 36.4 Å². The molecule has 27 heavy (non-hydrogen) atoms. The van der Waals surface area contributed by atoms with Crippen LogP contribution in [0.15, 0.2) is 30.5 Å². The Hall–Kier alpha value is -2.34. The van der Waals surface area contributed by atoms with Gasteiger partial charge in [-0.2, -0.15) is 0 Å². The molecule has 2 aromatic rings. The number of rotatable bonds is 8. The molecular weight excluding hydrogens is 360 g/mol. The maximum absolute atomic E-state index is 10.6. The number of hydrogen-bond donors (Lipinski definition) is 8. The van der Waals surface area contributed by atoms with Gasteiger partial charge in [-0.1, -0.05) is 18.2 Å². The largest absolute Gasteiger partial charge is 0.480 e. The van der Waals surface area contributed by atoms with E-state index < -0.39 is 43.0 Å². The third-order valence-corrected chi connectivity index (χ3v) is 3.85. The number of hydrogen-bond acceptors (Lipinski definition) is 8. The fourth-order valence-electron chi connectivity index (χ4n) is 2.24. The molecule has 0 aliphatic rings. The minimum Gasteiger partial charge on any atom is -0.480 e. The van der Waals surface area contributed by atoms with E-state index in [0.29, 0.717) is 6.42 Å². The van der Waals surface area contributed by atoms with E-state index in [1.54, 1.807) is 0 Å². The summed E-state index contributed by atoms with van der Waals surface area (Å²) in [4.78, 5) is 23.6. The highest BCUT2D eigenvalue weighted by molar-refractivity contribution is 5.84. The molecule has 2 rings (SSSR count). The Balaban J connectivity index is 0.000000279. The van der Waals surface area contributed by atoms with Crippen LogP contribution in [0.25, 0.3) is 10.9 Å². The van der Waals surface area contributed by atoms with Crippen LogP contribution in [-0.2, 0) is 16.0 Å². The highest BCUT2D eigenvalue weighted by atomic mass is 16.4. The average molecular weight is 384 g/mol. The smallest absolute Gasteiger partial charge is 0.320 e. The van der Waals surface area contributed by atoms with Crippen LogP contribution in [0, 0.1) is 0 Å². The van der Waals surface area contributed by atoms with E-state index in [1.807, 2.05) is 30.5 Å². The first-order valence-corrected chi connectivity index (χ1v) is 8.04. The number of aliphatic carboxylic acids is 1. The Bertz CT molecular complexity index is 735. The van der Waals surface area contributed by atoms with Gasteiger partial charge in [0.15, 0.2) is 6.29 Å². The minimum atomic E-state index is -1.79. The lowest BCUT2D eigenvalue weighted by Gasteiger charge is -2.22. The molecule has 0 radical (unpaired) electrons. The summed E-state index contributed by atoms with van der Waals surface area (Å²) in [6.07, 6.45) is -4.68. The third-order valence-electron chi connectivity index (χ3n) is 3.85. The summed E-state index contributed by atoms with van der Waals surface area (Å²) < 4.78 is 0. The van der Waals surface area contributed by atoms with Gasteiger partial charge in [-0.25, -0.2) is 0 Å². The van der Waals surface area contributed by atoms with Gasteiger partial charge in [-0.05, 0) is 11.6 Å². The molecule has 0 bridgehead atoms. The van der Waals surface area contributed by atoms with Gasteiger partial charge in [0.05, 0.1) is 6.61 Å². The predicted molar refractivity (Wildman–Crippen MR) is 94.8 cm³/mol. The Morgan fingerprint density at radius 1 is 1.15 bits per heavy atom. The van der Waals surface area contributed by atoms with Crippen LogP contribution in [0.1, 0.15) is 5.56 Å². The SMILES string of the molecule is NC(Cc1c[nH]c2ccccc12)C(=O)O.O=CC(O)C(O)C(O)C(O)CO. The van der Waals surface area contributed by atoms with Gasteiger partial charge < -0.3 is 46.2 Å². The predicted octanol–water partition coefficient (Wildman–Crippen LogP) is -2.26. The molecule has 0 amide bonds. The number of benzene rings is 1. The van der Waals surface area contributed by atoms with E-state index in [2.05, 4.69) is 4.98 Å². The van der Waals surface area contributed by atoms with Gasteiger partial charge in [0.2, 0.25) is 0 Å². The van der Waals surface area contributed by atoms with Crippen molar-refractivity contribution >= 4 is 23.2 Å². The molecule has 0 saturated heterocycles. The number of fused-ring (bicyclic) bond motifs is 1. The van der Waals surface area contributed by atoms with Gasteiger partial charge in [0.25, 0.3) is 0 Å². The van der Waals surface area contributed by atoms with E-state index in [9.17, 15) is 9.59 Å². The van der Waals surface area contributed by atoms with E-state index in [-0.39, 0.29) is 6.29 Å². The van der Waals surface area contributed by atoms with Crippen molar-refractivity contribution in [2.24, 2.45) is 5.73 Å². The molecule has 1 aromatic carbocycles. The molecule has 5 unspecified atom stereocenters. The van der Waals surface area contributed by atoms with Crippen molar-refractivity contribution in [3.05, 3.63) is 36.0 Å². The zero-order chi connectivity index (χ0) is 20.6. The molecule has 150 valence electrons. The number of nitrogens with one attached hydrogen (secondary N) is 1. The zero-order valence-electron chi connectivity index (χ0n) is 14.3. The Morgan fingerprint density at radius 3 is 2.33 bits per heavy atom. The molecule has 0 spiro atoms. The monoisotopic (exact) mass is 384 g/mol. The number of aromatic amines is 1. The summed E-state index contributed by atoms with van der Waals surface area (Å²) in [5, 5.41) is 53.3. The summed E-state index contributed by atoms with van der Waals surface area (Å²) in [7, 11) is 0. The van der Waals surface area contributed by atoms with Crippen molar-refractivity contribution in [2.75, 3.05) is 6.61 Å². The van der Waals surface area contributed by atoms with Gasteiger partial charge >= 0.3 is 5.97 Å². The van der Waals surface area contributed by atoms with E-state index in [1.165, 1.54) is 0 Å². The second-order valence-electron chi connectivity index (χ2n) is 5.87. The first kappa shape index (κ1) is 22.7. The van der Waals surface area contributed by atoms with Gasteiger partial charge in [0.1, 0.15) is 30.5 Å². The van der Waals surface area contributed by atoms with Crippen LogP contribution in [0.3, 0.4) is 0 Å². The zero-order valence-corrected chi connectivity index (χ0v) is 14.3. The van der Waals surface area contributed by atoms with Crippen LogP contribution in [0.5, 0.6) is 0 Å². The Kier molecular flexibility index (Phi) is 9.02. The van der Waals surface area contributed by atoms with Crippen LogP contribution in [-0.4, -0.2) is 84.9 Å². The first-order chi connectivity index (χ1) is 12.7. The van der Waals surface area contributed by atoms with E-state index in [0.717, 1.165) is 16.5 Å². The molecule has 1 heterocycles. The molecule has 0 aliphatic heterocycles. The number of carbonyl (C=O) groups is 2. The number of carbonyl (C=O) groups excluding carboxylic acids is 1. The van der Waals surface area contributed by atoms with E-state index >= 15 is 0 Å². The lowest BCUT2D eigenvalue weighted by molar-refractivity contribution is -0.138. The topological polar surface area (TPSA) is 197 Å². The van der Waals surface area contributed by atoms with Crippen molar-refractivity contribution in [2.45, 2.75) is 36.9 Å². The summed E-state index contributed by atoms with van der Waals surface area (Å²) in [5.41, 5.74) is 7.43. The maximum atomic E-state index is 10.6. The third kappa shape index (κ3) is 6.40. The standard InChI is InChI=1S/C11H12N2O2.C6H12O6/c12-9(11(14)15)5-7-6-13-10-4-2-1-3-8(7)10;7-1-3(9)5(11)6(12)4(10)2-8/h1-4,6,9,13H,5,12H2,(H,14,15);1,3-6,8-12H,2H2. The van der Waals surface area contributed by atoms with Crippen molar-refractivity contribution in [1.82, 2.24) is 4.98 Å². The fourth-order valence-corrected chi connectivity index (χ4v) is 2.24. The quantitative estimate of drug-likeness (QED) is 0.232. The summed E-state index contributed by atoms with van der Waals surface area (Å²) >= 11 is 0. The molecule has 9 N–H and O–H groups in total. The number of aldehydes is 1.